The van der Waals surface area contributed by atoms with E-state index in [1.54, 1.807) is 0 Å². The van der Waals surface area contributed by atoms with Crippen LogP contribution in [0.3, 0.4) is 0 Å². The number of nitrogens with zero attached hydrogens (tertiary/aromatic N) is 1. The second-order valence-electron chi connectivity index (χ2n) is 3.49. The Bertz CT molecular complexity index is 169. The third kappa shape index (κ3) is 3.27. The van der Waals surface area contributed by atoms with Crippen LogP contribution in [0.5, 0.6) is 0 Å². The van der Waals surface area contributed by atoms with Gasteiger partial charge in [0.1, 0.15) is 0 Å². The van der Waals surface area contributed by atoms with E-state index in [2.05, 4.69) is 15.9 Å². The van der Waals surface area contributed by atoms with Crippen molar-refractivity contribution >= 4 is 21.8 Å². The van der Waals surface area contributed by atoms with Gasteiger partial charge in [0.05, 0.1) is 0 Å². The molecule has 0 spiro atoms. The Kier molecular flexibility index (Phi) is 4.73. The van der Waals surface area contributed by atoms with Crippen LogP contribution in [0.1, 0.15) is 19.3 Å². The number of unbranched alkanes of at least 4 members (excludes halogenated alkanes) is 1. The maximum absolute atomic E-state index is 11.4. The molecule has 76 valence electrons. The fraction of sp³-hybridized carbons (Fsp3) is 0.889. The third-order valence-corrected chi connectivity index (χ3v) is 2.90. The number of rotatable bonds is 5. The van der Waals surface area contributed by atoms with Crippen LogP contribution in [0.25, 0.3) is 0 Å². The van der Waals surface area contributed by atoms with Crippen molar-refractivity contribution in [2.24, 2.45) is 5.92 Å². The number of aliphatic hydroxyl groups is 1. The Labute approximate surface area is 87.2 Å². The largest absolute Gasteiger partial charge is 0.396 e. The lowest BCUT2D eigenvalue weighted by Gasteiger charge is -2.38. The number of aliphatic hydroxyl groups excluding tert-OH is 1. The summed E-state index contributed by atoms with van der Waals surface area (Å²) in [5.41, 5.74) is 0. The van der Waals surface area contributed by atoms with Crippen molar-refractivity contribution < 1.29 is 9.90 Å². The summed E-state index contributed by atoms with van der Waals surface area (Å²) >= 11 is 3.33. The lowest BCUT2D eigenvalue weighted by molar-refractivity contribution is -0.138. The van der Waals surface area contributed by atoms with E-state index in [0.29, 0.717) is 12.3 Å². The fourth-order valence-electron chi connectivity index (χ4n) is 1.42. The Morgan fingerprint density at radius 3 is 2.69 bits per heavy atom. The minimum atomic E-state index is 0.213. The van der Waals surface area contributed by atoms with Gasteiger partial charge in [0.25, 0.3) is 0 Å². The molecule has 1 fully saturated rings. The molecular weight excluding hydrogens is 234 g/mol. The predicted molar refractivity (Wildman–Crippen MR) is 54.8 cm³/mol. The van der Waals surface area contributed by atoms with Gasteiger partial charge >= 0.3 is 0 Å². The van der Waals surface area contributed by atoms with Crippen molar-refractivity contribution in [1.29, 1.82) is 0 Å². The molecule has 1 rings (SSSR count). The molecule has 4 heteroatoms. The molecule has 0 bridgehead atoms. The normalized spacial score (nSPS) is 17.2. The number of halogens is 1. The average Bonchev–Trinajstić information content (AvgIpc) is 2.03. The van der Waals surface area contributed by atoms with Crippen LogP contribution in [-0.2, 0) is 4.79 Å². The molecule has 1 heterocycles. The number of hydrogen-bond acceptors (Lipinski definition) is 2. The van der Waals surface area contributed by atoms with Crippen molar-refractivity contribution in [3.63, 3.8) is 0 Å². The highest BCUT2D eigenvalue weighted by molar-refractivity contribution is 9.09. The molecule has 13 heavy (non-hydrogen) atoms. The molecule has 0 radical (unpaired) electrons. The number of amides is 1. The van der Waals surface area contributed by atoms with E-state index in [1.165, 1.54) is 0 Å². The van der Waals surface area contributed by atoms with E-state index < -0.39 is 0 Å². The molecule has 0 atom stereocenters. The zero-order valence-corrected chi connectivity index (χ0v) is 9.29. The molecule has 1 saturated heterocycles. The standard InChI is InChI=1S/C9H16BrNO2/c10-4-2-1-3-9(13)11-5-8(6-11)7-12/h8,12H,1-7H2. The summed E-state index contributed by atoms with van der Waals surface area (Å²) in [5.74, 6) is 0.575. The van der Waals surface area contributed by atoms with E-state index in [9.17, 15) is 4.79 Å². The third-order valence-electron chi connectivity index (χ3n) is 2.34. The molecule has 0 aromatic rings. The van der Waals surface area contributed by atoms with Crippen molar-refractivity contribution in [3.8, 4) is 0 Å². The van der Waals surface area contributed by atoms with E-state index in [4.69, 9.17) is 5.11 Å². The van der Waals surface area contributed by atoms with Gasteiger partial charge in [-0.05, 0) is 12.8 Å². The molecule has 0 aliphatic carbocycles. The summed E-state index contributed by atoms with van der Waals surface area (Å²) in [6.45, 7) is 1.72. The van der Waals surface area contributed by atoms with Crippen LogP contribution in [0.2, 0.25) is 0 Å². The second-order valence-corrected chi connectivity index (χ2v) is 4.29. The zero-order chi connectivity index (χ0) is 9.68. The number of carbonyl (C=O) groups is 1. The summed E-state index contributed by atoms with van der Waals surface area (Å²) in [4.78, 5) is 13.2. The van der Waals surface area contributed by atoms with Crippen LogP contribution in [0.15, 0.2) is 0 Å². The Morgan fingerprint density at radius 2 is 2.15 bits per heavy atom. The smallest absolute Gasteiger partial charge is 0.222 e. The highest BCUT2D eigenvalue weighted by Crippen LogP contribution is 2.16. The first kappa shape index (κ1) is 11.0. The molecule has 1 aliphatic heterocycles. The molecule has 1 N–H and O–H groups in total. The lowest BCUT2D eigenvalue weighted by atomic mass is 10.0. The monoisotopic (exact) mass is 249 g/mol. The summed E-state index contributed by atoms with van der Waals surface area (Å²) in [5, 5.41) is 9.73. The summed E-state index contributed by atoms with van der Waals surface area (Å²) in [6, 6.07) is 0. The lowest BCUT2D eigenvalue weighted by Crippen LogP contribution is -2.51. The van der Waals surface area contributed by atoms with Gasteiger partial charge in [-0.2, -0.15) is 0 Å². The van der Waals surface area contributed by atoms with Gasteiger partial charge in [0.2, 0.25) is 5.91 Å². The van der Waals surface area contributed by atoms with Crippen LogP contribution >= 0.6 is 15.9 Å². The van der Waals surface area contributed by atoms with Gasteiger partial charge in [-0.1, -0.05) is 15.9 Å². The molecule has 1 amide bonds. The summed E-state index contributed by atoms with van der Waals surface area (Å²) in [6.07, 6.45) is 2.68. The first-order chi connectivity index (χ1) is 6.27. The van der Waals surface area contributed by atoms with Gasteiger partial charge in [-0.3, -0.25) is 4.79 Å². The molecule has 0 unspecified atom stereocenters. The van der Waals surface area contributed by atoms with E-state index in [-0.39, 0.29) is 12.5 Å². The van der Waals surface area contributed by atoms with Crippen LogP contribution in [-0.4, -0.2) is 40.9 Å². The van der Waals surface area contributed by atoms with E-state index in [0.717, 1.165) is 31.3 Å². The van der Waals surface area contributed by atoms with Gasteiger partial charge in [0.15, 0.2) is 0 Å². The van der Waals surface area contributed by atoms with Crippen molar-refractivity contribution in [1.82, 2.24) is 4.90 Å². The second kappa shape index (κ2) is 5.60. The summed E-state index contributed by atoms with van der Waals surface area (Å²) < 4.78 is 0. The average molecular weight is 250 g/mol. The highest BCUT2D eigenvalue weighted by Gasteiger charge is 2.28. The first-order valence-electron chi connectivity index (χ1n) is 4.72. The van der Waals surface area contributed by atoms with Crippen molar-refractivity contribution in [3.05, 3.63) is 0 Å². The van der Waals surface area contributed by atoms with Crippen molar-refractivity contribution in [2.75, 3.05) is 25.0 Å². The number of hydrogen-bond donors (Lipinski definition) is 1. The van der Waals surface area contributed by atoms with Gasteiger partial charge in [-0.15, -0.1) is 0 Å². The molecule has 0 aromatic carbocycles. The quantitative estimate of drug-likeness (QED) is 0.584. The van der Waals surface area contributed by atoms with Crippen LogP contribution < -0.4 is 0 Å². The molecular formula is C9H16BrNO2. The van der Waals surface area contributed by atoms with E-state index >= 15 is 0 Å². The fourth-order valence-corrected chi connectivity index (χ4v) is 1.81. The maximum Gasteiger partial charge on any atom is 0.222 e. The molecule has 1 aliphatic rings. The highest BCUT2D eigenvalue weighted by atomic mass is 79.9. The molecule has 0 saturated carbocycles. The van der Waals surface area contributed by atoms with Gasteiger partial charge in [0, 0.05) is 37.4 Å². The topological polar surface area (TPSA) is 40.5 Å². The zero-order valence-electron chi connectivity index (χ0n) is 7.71. The van der Waals surface area contributed by atoms with E-state index in [1.807, 2.05) is 4.90 Å². The Hall–Kier alpha value is -0.0900. The van der Waals surface area contributed by atoms with Crippen molar-refractivity contribution in [2.45, 2.75) is 19.3 Å². The number of alkyl halides is 1. The van der Waals surface area contributed by atoms with Gasteiger partial charge < -0.3 is 10.0 Å². The van der Waals surface area contributed by atoms with Crippen LogP contribution in [0, 0.1) is 5.92 Å². The maximum atomic E-state index is 11.4. The number of likely N-dealkylation sites (tertiary alicyclic amines) is 1. The Morgan fingerprint density at radius 1 is 1.46 bits per heavy atom. The first-order valence-corrected chi connectivity index (χ1v) is 5.84. The summed E-state index contributed by atoms with van der Waals surface area (Å²) in [7, 11) is 0. The predicted octanol–water partition coefficient (Wildman–Crippen LogP) is 1.00. The number of carbonyl (C=O) groups excluding carboxylic acids is 1. The minimum Gasteiger partial charge on any atom is -0.396 e. The molecule has 3 nitrogen and oxygen atoms in total. The molecule has 0 aromatic heterocycles. The van der Waals surface area contributed by atoms with Gasteiger partial charge in [-0.25, -0.2) is 0 Å². The SMILES string of the molecule is O=C(CCCCBr)N1CC(CO)C1. The minimum absolute atomic E-state index is 0.213. The van der Waals surface area contributed by atoms with Crippen LogP contribution in [0.4, 0.5) is 0 Å². The Balaban J connectivity index is 2.05.